The molecular formula is C22H35N3O2. The molecule has 1 aliphatic heterocycles. The zero-order chi connectivity index (χ0) is 20.0. The van der Waals surface area contributed by atoms with Crippen LogP contribution in [0.5, 0.6) is 0 Å². The maximum atomic E-state index is 12.8. The number of rotatable bonds is 6. The van der Waals surface area contributed by atoms with E-state index in [1.165, 1.54) is 5.56 Å². The molecule has 1 aliphatic rings. The van der Waals surface area contributed by atoms with Crippen LogP contribution in [0.3, 0.4) is 0 Å². The van der Waals surface area contributed by atoms with Crippen molar-refractivity contribution in [3.63, 3.8) is 0 Å². The lowest BCUT2D eigenvalue weighted by atomic mass is 9.93. The normalized spacial score (nSPS) is 16.5. The highest BCUT2D eigenvalue weighted by Gasteiger charge is 2.28. The van der Waals surface area contributed by atoms with Gasteiger partial charge in [0.05, 0.1) is 6.04 Å². The van der Waals surface area contributed by atoms with Crippen LogP contribution in [0.4, 0.5) is 4.79 Å². The zero-order valence-corrected chi connectivity index (χ0v) is 17.4. The Bertz CT molecular complexity index is 617. The number of piperidine rings is 1. The van der Waals surface area contributed by atoms with Gasteiger partial charge in [-0.1, -0.05) is 52.0 Å². The Balaban J connectivity index is 1.97. The third-order valence-electron chi connectivity index (χ3n) is 5.33. The first-order valence-electron chi connectivity index (χ1n) is 10.2. The van der Waals surface area contributed by atoms with Gasteiger partial charge in [-0.2, -0.15) is 0 Å². The summed E-state index contributed by atoms with van der Waals surface area (Å²) in [4.78, 5) is 26.4. The highest BCUT2D eigenvalue weighted by molar-refractivity contribution is 5.79. The zero-order valence-electron chi connectivity index (χ0n) is 17.4. The molecule has 27 heavy (non-hydrogen) atoms. The average Bonchev–Trinajstić information content (AvgIpc) is 2.65. The Hall–Kier alpha value is -2.04. The van der Waals surface area contributed by atoms with Gasteiger partial charge >= 0.3 is 6.03 Å². The Morgan fingerprint density at radius 1 is 1.07 bits per heavy atom. The molecule has 0 aliphatic carbocycles. The van der Waals surface area contributed by atoms with E-state index in [0.717, 1.165) is 24.8 Å². The summed E-state index contributed by atoms with van der Waals surface area (Å²) in [6, 6.07) is 8.58. The van der Waals surface area contributed by atoms with Gasteiger partial charge in [-0.15, -0.1) is 0 Å². The Kier molecular flexibility index (Phi) is 7.69. The van der Waals surface area contributed by atoms with Gasteiger partial charge in [-0.25, -0.2) is 4.79 Å². The molecule has 3 amide bonds. The number of benzene rings is 1. The molecule has 1 atom stereocenters. The monoisotopic (exact) mass is 373 g/mol. The number of hydrogen-bond acceptors (Lipinski definition) is 2. The van der Waals surface area contributed by atoms with Crippen molar-refractivity contribution in [1.29, 1.82) is 0 Å². The van der Waals surface area contributed by atoms with Crippen LogP contribution >= 0.6 is 0 Å². The molecule has 1 saturated heterocycles. The van der Waals surface area contributed by atoms with Crippen molar-refractivity contribution in [3.8, 4) is 0 Å². The summed E-state index contributed by atoms with van der Waals surface area (Å²) in [5.74, 6) is 1.03. The second-order valence-corrected chi connectivity index (χ2v) is 8.39. The molecule has 2 N–H and O–H groups in total. The van der Waals surface area contributed by atoms with Gasteiger partial charge in [0.25, 0.3) is 0 Å². The summed E-state index contributed by atoms with van der Waals surface area (Å²) in [5.41, 5.74) is 2.48. The number of carbonyl (C=O) groups excluding carboxylic acids is 2. The second kappa shape index (κ2) is 9.77. The molecule has 150 valence electrons. The van der Waals surface area contributed by atoms with E-state index < -0.39 is 0 Å². The summed E-state index contributed by atoms with van der Waals surface area (Å²) < 4.78 is 0. The molecule has 1 heterocycles. The Morgan fingerprint density at radius 3 is 2.15 bits per heavy atom. The molecule has 0 bridgehead atoms. The SMILES string of the molecule is CNC(=O)C1CCN(C(=O)N[C@@H](c2ccc(CC(C)C)cc2)C(C)C)CC1. The first-order chi connectivity index (χ1) is 12.8. The van der Waals surface area contributed by atoms with Crippen LogP contribution in [0.15, 0.2) is 24.3 Å². The van der Waals surface area contributed by atoms with E-state index in [4.69, 9.17) is 0 Å². The summed E-state index contributed by atoms with van der Waals surface area (Å²) in [7, 11) is 1.67. The summed E-state index contributed by atoms with van der Waals surface area (Å²) >= 11 is 0. The predicted molar refractivity (Wildman–Crippen MR) is 109 cm³/mol. The lowest BCUT2D eigenvalue weighted by Crippen LogP contribution is -2.48. The van der Waals surface area contributed by atoms with E-state index in [-0.39, 0.29) is 23.9 Å². The van der Waals surface area contributed by atoms with Gasteiger partial charge in [-0.05, 0) is 42.2 Å². The number of nitrogens with one attached hydrogen (secondary N) is 2. The number of hydrogen-bond donors (Lipinski definition) is 2. The standard InChI is InChI=1S/C22H35N3O2/c1-15(2)14-17-6-8-18(9-7-17)20(16(3)4)24-22(27)25-12-10-19(11-13-25)21(26)23-5/h6-9,15-16,19-20H,10-14H2,1-5H3,(H,23,26)(H,24,27)/t20-/m1/s1. The van der Waals surface area contributed by atoms with Gasteiger partial charge in [0.15, 0.2) is 0 Å². The first kappa shape index (κ1) is 21.3. The van der Waals surface area contributed by atoms with Gasteiger partial charge in [0.1, 0.15) is 0 Å². The molecule has 0 radical (unpaired) electrons. The van der Waals surface area contributed by atoms with Crippen LogP contribution < -0.4 is 10.6 Å². The molecule has 1 aromatic rings. The van der Waals surface area contributed by atoms with Crippen molar-refractivity contribution in [1.82, 2.24) is 15.5 Å². The van der Waals surface area contributed by atoms with Crippen molar-refractivity contribution in [2.75, 3.05) is 20.1 Å². The fraction of sp³-hybridized carbons (Fsp3) is 0.636. The average molecular weight is 374 g/mol. The molecule has 2 rings (SSSR count). The van der Waals surface area contributed by atoms with E-state index >= 15 is 0 Å². The minimum absolute atomic E-state index is 0.0118. The van der Waals surface area contributed by atoms with Gasteiger partial charge in [-0.3, -0.25) is 4.79 Å². The largest absolute Gasteiger partial charge is 0.359 e. The minimum Gasteiger partial charge on any atom is -0.359 e. The number of likely N-dealkylation sites (tertiary alicyclic amines) is 1. The Labute approximate surface area is 163 Å². The lowest BCUT2D eigenvalue weighted by Gasteiger charge is -2.33. The van der Waals surface area contributed by atoms with Gasteiger partial charge < -0.3 is 15.5 Å². The van der Waals surface area contributed by atoms with Crippen LogP contribution in [-0.2, 0) is 11.2 Å². The summed E-state index contributed by atoms with van der Waals surface area (Å²) in [6.07, 6.45) is 2.52. The third kappa shape index (κ3) is 5.98. The van der Waals surface area contributed by atoms with Crippen LogP contribution in [0.25, 0.3) is 0 Å². The number of amides is 3. The molecule has 0 unspecified atom stereocenters. The van der Waals surface area contributed by atoms with E-state index in [9.17, 15) is 9.59 Å². The first-order valence-corrected chi connectivity index (χ1v) is 10.2. The van der Waals surface area contributed by atoms with Gasteiger partial charge in [0.2, 0.25) is 5.91 Å². The molecule has 0 aromatic heterocycles. The highest BCUT2D eigenvalue weighted by atomic mass is 16.2. The molecule has 0 saturated carbocycles. The summed E-state index contributed by atoms with van der Waals surface area (Å²) in [6.45, 7) is 9.95. The molecule has 1 aromatic carbocycles. The quantitative estimate of drug-likeness (QED) is 0.798. The highest BCUT2D eigenvalue weighted by Crippen LogP contribution is 2.24. The number of carbonyl (C=O) groups is 2. The van der Waals surface area contributed by atoms with Crippen molar-refractivity contribution in [3.05, 3.63) is 35.4 Å². The summed E-state index contributed by atoms with van der Waals surface area (Å²) in [5, 5.41) is 5.91. The van der Waals surface area contributed by atoms with Crippen molar-refractivity contribution in [2.24, 2.45) is 17.8 Å². The Morgan fingerprint density at radius 2 is 1.67 bits per heavy atom. The van der Waals surface area contributed by atoms with Crippen LogP contribution in [0.2, 0.25) is 0 Å². The van der Waals surface area contributed by atoms with Crippen LogP contribution in [0.1, 0.15) is 57.7 Å². The fourth-order valence-electron chi connectivity index (χ4n) is 3.74. The number of urea groups is 1. The van der Waals surface area contributed by atoms with Gasteiger partial charge in [0, 0.05) is 26.1 Å². The van der Waals surface area contributed by atoms with E-state index in [1.54, 1.807) is 7.05 Å². The minimum atomic E-state index is -0.0321. The maximum absolute atomic E-state index is 12.8. The van der Waals surface area contributed by atoms with Crippen molar-refractivity contribution >= 4 is 11.9 Å². The van der Waals surface area contributed by atoms with Crippen molar-refractivity contribution < 1.29 is 9.59 Å². The van der Waals surface area contributed by atoms with E-state index in [1.807, 2.05) is 4.90 Å². The van der Waals surface area contributed by atoms with Crippen LogP contribution in [0, 0.1) is 17.8 Å². The second-order valence-electron chi connectivity index (χ2n) is 8.39. The third-order valence-corrected chi connectivity index (χ3v) is 5.33. The predicted octanol–water partition coefficient (Wildman–Crippen LogP) is 3.75. The molecule has 5 heteroatoms. The van der Waals surface area contributed by atoms with Crippen molar-refractivity contribution in [2.45, 2.75) is 53.0 Å². The van der Waals surface area contributed by atoms with Crippen LogP contribution in [-0.4, -0.2) is 37.0 Å². The topological polar surface area (TPSA) is 61.4 Å². The molecular weight excluding hydrogens is 338 g/mol. The number of nitrogens with zero attached hydrogens (tertiary/aromatic N) is 1. The fourth-order valence-corrected chi connectivity index (χ4v) is 3.74. The lowest BCUT2D eigenvalue weighted by molar-refractivity contribution is -0.125. The smallest absolute Gasteiger partial charge is 0.317 e. The maximum Gasteiger partial charge on any atom is 0.317 e. The molecule has 1 fully saturated rings. The molecule has 0 spiro atoms. The van der Waals surface area contributed by atoms with E-state index in [0.29, 0.717) is 24.9 Å². The van der Waals surface area contributed by atoms with E-state index in [2.05, 4.69) is 62.6 Å². The molecule has 5 nitrogen and oxygen atoms in total.